The van der Waals surface area contributed by atoms with Gasteiger partial charge in [0.1, 0.15) is 6.04 Å². The van der Waals surface area contributed by atoms with Crippen LogP contribution in [0.4, 0.5) is 0 Å². The lowest BCUT2D eigenvalue weighted by atomic mass is 9.95. The third-order valence-corrected chi connectivity index (χ3v) is 8.72. The van der Waals surface area contributed by atoms with Crippen molar-refractivity contribution >= 4 is 21.8 Å². The molecule has 2 amide bonds. The van der Waals surface area contributed by atoms with E-state index in [2.05, 4.69) is 5.32 Å². The van der Waals surface area contributed by atoms with Crippen LogP contribution >= 0.6 is 0 Å². The van der Waals surface area contributed by atoms with E-state index in [9.17, 15) is 18.0 Å². The van der Waals surface area contributed by atoms with Crippen LogP contribution in [0.25, 0.3) is 0 Å². The summed E-state index contributed by atoms with van der Waals surface area (Å²) >= 11 is 0. The lowest BCUT2D eigenvalue weighted by Crippen LogP contribution is -2.53. The first-order chi connectivity index (χ1) is 17.1. The summed E-state index contributed by atoms with van der Waals surface area (Å²) in [6.07, 6.45) is 5.70. The number of benzene rings is 2. The molecule has 1 aliphatic carbocycles. The van der Waals surface area contributed by atoms with Gasteiger partial charge in [0, 0.05) is 19.6 Å². The third-order valence-electron chi connectivity index (χ3n) is 6.90. The smallest absolute Gasteiger partial charge is 0.243 e. The quantitative estimate of drug-likeness (QED) is 0.516. The predicted octanol–water partition coefficient (Wildman–Crippen LogP) is 4.18. The summed E-state index contributed by atoms with van der Waals surface area (Å²) in [4.78, 5) is 28.6. The van der Waals surface area contributed by atoms with E-state index in [-0.39, 0.29) is 29.9 Å². The molecule has 0 unspecified atom stereocenters. The Morgan fingerprint density at radius 2 is 1.50 bits per heavy atom. The molecular formula is C28H39N3O4S. The van der Waals surface area contributed by atoms with Gasteiger partial charge < -0.3 is 10.2 Å². The number of amides is 2. The van der Waals surface area contributed by atoms with E-state index in [1.807, 2.05) is 45.0 Å². The third kappa shape index (κ3) is 7.17. The van der Waals surface area contributed by atoms with Crippen molar-refractivity contribution in [2.24, 2.45) is 0 Å². The molecule has 2 aromatic carbocycles. The van der Waals surface area contributed by atoms with Crippen molar-refractivity contribution in [2.45, 2.75) is 82.8 Å². The Kier molecular flexibility index (Phi) is 9.68. The number of nitrogens with one attached hydrogen (secondary N) is 1. The SMILES string of the molecule is CC[C@@H](C(=O)NC1CCCCC1)N(Cc1ccc(C)cc1)C(=O)CN(C)S(=O)(=O)c1ccc(C)cc1. The summed E-state index contributed by atoms with van der Waals surface area (Å²) in [6, 6.07) is 13.8. The summed E-state index contributed by atoms with van der Waals surface area (Å²) in [5, 5.41) is 3.15. The molecule has 1 N–H and O–H groups in total. The van der Waals surface area contributed by atoms with Crippen molar-refractivity contribution in [3.05, 3.63) is 65.2 Å². The lowest BCUT2D eigenvalue weighted by molar-refractivity contribution is -0.141. The van der Waals surface area contributed by atoms with Gasteiger partial charge in [-0.1, -0.05) is 73.7 Å². The van der Waals surface area contributed by atoms with E-state index in [1.54, 1.807) is 24.3 Å². The highest BCUT2D eigenvalue weighted by atomic mass is 32.2. The Labute approximate surface area is 215 Å². The number of rotatable bonds is 10. The number of sulfonamides is 1. The van der Waals surface area contributed by atoms with Gasteiger partial charge in [0.05, 0.1) is 11.4 Å². The first kappa shape index (κ1) is 27.9. The van der Waals surface area contributed by atoms with Crippen LogP contribution in [0.2, 0.25) is 0 Å². The molecule has 0 aliphatic heterocycles. The lowest BCUT2D eigenvalue weighted by Gasteiger charge is -2.33. The van der Waals surface area contributed by atoms with E-state index in [0.717, 1.165) is 46.7 Å². The molecule has 8 heteroatoms. The van der Waals surface area contributed by atoms with Crippen LogP contribution in [0.3, 0.4) is 0 Å². The van der Waals surface area contributed by atoms with Crippen LogP contribution in [0.1, 0.15) is 62.1 Å². The van der Waals surface area contributed by atoms with E-state index < -0.39 is 22.0 Å². The van der Waals surface area contributed by atoms with Gasteiger partial charge in [-0.2, -0.15) is 4.31 Å². The highest BCUT2D eigenvalue weighted by Gasteiger charge is 2.32. The Bertz CT molecular complexity index is 1120. The minimum atomic E-state index is -3.85. The zero-order chi connectivity index (χ0) is 26.3. The van der Waals surface area contributed by atoms with Crippen molar-refractivity contribution in [1.82, 2.24) is 14.5 Å². The second kappa shape index (κ2) is 12.5. The van der Waals surface area contributed by atoms with Crippen LogP contribution in [0, 0.1) is 13.8 Å². The molecule has 1 saturated carbocycles. The zero-order valence-corrected chi connectivity index (χ0v) is 22.7. The maximum atomic E-state index is 13.6. The van der Waals surface area contributed by atoms with Crippen molar-refractivity contribution in [1.29, 1.82) is 0 Å². The van der Waals surface area contributed by atoms with E-state index in [0.29, 0.717) is 6.42 Å². The van der Waals surface area contributed by atoms with Gasteiger partial charge in [0.2, 0.25) is 21.8 Å². The minimum Gasteiger partial charge on any atom is -0.352 e. The zero-order valence-electron chi connectivity index (χ0n) is 21.9. The van der Waals surface area contributed by atoms with Crippen LogP contribution in [0.5, 0.6) is 0 Å². The molecule has 1 fully saturated rings. The molecule has 3 rings (SSSR count). The minimum absolute atomic E-state index is 0.126. The van der Waals surface area contributed by atoms with Crippen LogP contribution in [0.15, 0.2) is 53.4 Å². The highest BCUT2D eigenvalue weighted by Crippen LogP contribution is 2.20. The molecule has 36 heavy (non-hydrogen) atoms. The van der Waals surface area contributed by atoms with Gasteiger partial charge in [0.15, 0.2) is 0 Å². The number of likely N-dealkylation sites (N-methyl/N-ethyl adjacent to an activating group) is 1. The Morgan fingerprint density at radius 3 is 2.06 bits per heavy atom. The molecule has 1 aliphatic rings. The predicted molar refractivity (Wildman–Crippen MR) is 142 cm³/mol. The van der Waals surface area contributed by atoms with Gasteiger partial charge in [-0.15, -0.1) is 0 Å². The molecule has 0 saturated heterocycles. The summed E-state index contributed by atoms with van der Waals surface area (Å²) in [5.41, 5.74) is 2.94. The van der Waals surface area contributed by atoms with Gasteiger partial charge >= 0.3 is 0 Å². The van der Waals surface area contributed by atoms with Gasteiger partial charge in [-0.25, -0.2) is 8.42 Å². The van der Waals surface area contributed by atoms with Crippen LogP contribution in [-0.4, -0.2) is 55.1 Å². The normalized spacial score (nSPS) is 15.5. The molecule has 0 heterocycles. The fourth-order valence-corrected chi connectivity index (χ4v) is 5.73. The first-order valence-corrected chi connectivity index (χ1v) is 14.2. The Hall–Kier alpha value is -2.71. The van der Waals surface area contributed by atoms with Crippen molar-refractivity contribution < 1.29 is 18.0 Å². The van der Waals surface area contributed by atoms with Crippen molar-refractivity contribution in [3.8, 4) is 0 Å². The number of carbonyl (C=O) groups is 2. The molecule has 1 atom stereocenters. The average molecular weight is 514 g/mol. The van der Waals surface area contributed by atoms with Gasteiger partial charge in [-0.3, -0.25) is 9.59 Å². The number of hydrogen-bond donors (Lipinski definition) is 1. The monoisotopic (exact) mass is 513 g/mol. The van der Waals surface area contributed by atoms with Crippen molar-refractivity contribution in [3.63, 3.8) is 0 Å². The second-order valence-electron chi connectivity index (χ2n) is 9.85. The number of carbonyl (C=O) groups excluding carboxylic acids is 2. The molecule has 0 bridgehead atoms. The summed E-state index contributed by atoms with van der Waals surface area (Å²) in [5.74, 6) is -0.576. The Balaban J connectivity index is 1.82. The van der Waals surface area contributed by atoms with Crippen molar-refractivity contribution in [2.75, 3.05) is 13.6 Å². The standard InChI is InChI=1S/C28H39N3O4S/c1-5-26(28(33)29-24-9-7-6-8-10-24)31(19-23-15-11-21(2)12-16-23)27(32)20-30(4)36(34,35)25-17-13-22(3)14-18-25/h11-18,24,26H,5-10,19-20H2,1-4H3,(H,29,33)/t26-/m0/s1. The summed E-state index contributed by atoms with van der Waals surface area (Å²) in [7, 11) is -2.45. The molecular weight excluding hydrogens is 474 g/mol. The molecule has 196 valence electrons. The molecule has 0 spiro atoms. The van der Waals surface area contributed by atoms with E-state index in [4.69, 9.17) is 0 Å². The topological polar surface area (TPSA) is 86.8 Å². The number of nitrogens with zero attached hydrogens (tertiary/aromatic N) is 2. The highest BCUT2D eigenvalue weighted by molar-refractivity contribution is 7.89. The molecule has 2 aromatic rings. The first-order valence-electron chi connectivity index (χ1n) is 12.8. The Morgan fingerprint density at radius 1 is 0.944 bits per heavy atom. The maximum Gasteiger partial charge on any atom is 0.243 e. The van der Waals surface area contributed by atoms with E-state index in [1.165, 1.54) is 18.4 Å². The molecule has 0 radical (unpaired) electrons. The average Bonchev–Trinajstić information content (AvgIpc) is 2.86. The fourth-order valence-electron chi connectivity index (χ4n) is 4.61. The summed E-state index contributed by atoms with van der Waals surface area (Å²) < 4.78 is 27.3. The second-order valence-corrected chi connectivity index (χ2v) is 11.9. The van der Waals surface area contributed by atoms with Gasteiger partial charge in [0.25, 0.3) is 0 Å². The summed E-state index contributed by atoms with van der Waals surface area (Å²) in [6.45, 7) is 5.64. The van der Waals surface area contributed by atoms with E-state index >= 15 is 0 Å². The van der Waals surface area contributed by atoms with Gasteiger partial charge in [-0.05, 0) is 50.8 Å². The largest absolute Gasteiger partial charge is 0.352 e. The fraction of sp³-hybridized carbons (Fsp3) is 0.500. The maximum absolute atomic E-state index is 13.6. The number of aryl methyl sites for hydroxylation is 2. The molecule has 7 nitrogen and oxygen atoms in total. The van der Waals surface area contributed by atoms with Crippen LogP contribution < -0.4 is 5.32 Å². The molecule has 0 aromatic heterocycles. The van der Waals surface area contributed by atoms with Crippen LogP contribution in [-0.2, 0) is 26.2 Å². The number of hydrogen-bond acceptors (Lipinski definition) is 4.